The predicted octanol–water partition coefficient (Wildman–Crippen LogP) is 5.71. The second kappa shape index (κ2) is 16.0. The first-order valence-electron chi connectivity index (χ1n) is 15.5. The Labute approximate surface area is 296 Å². The summed E-state index contributed by atoms with van der Waals surface area (Å²) in [6.45, 7) is 5.85. The monoisotopic (exact) mass is 712 g/mol. The van der Waals surface area contributed by atoms with E-state index in [4.69, 9.17) is 28.4 Å². The van der Waals surface area contributed by atoms with E-state index >= 15 is 0 Å². The van der Waals surface area contributed by atoms with Crippen molar-refractivity contribution in [3.05, 3.63) is 84.7 Å². The van der Waals surface area contributed by atoms with Gasteiger partial charge in [0.2, 0.25) is 17.5 Å². The SMILES string of the molecule is COc1cc(OC)nc(OCC#CCOc2nc(-c3ccncc3)nc(NS(=O)(=O)c3ccc(C(C)(C)C)cc3)c2Oc2ccccc2OC)n1. The average Bonchev–Trinajstić information content (AvgIpc) is 3.13. The molecule has 51 heavy (non-hydrogen) atoms. The minimum atomic E-state index is -4.18. The third kappa shape index (κ3) is 9.31. The Morgan fingerprint density at radius 1 is 0.745 bits per heavy atom. The molecule has 1 N–H and O–H groups in total. The highest BCUT2D eigenvalue weighted by atomic mass is 32.2. The van der Waals surface area contributed by atoms with E-state index in [9.17, 15) is 8.42 Å². The molecule has 14 nitrogen and oxygen atoms in total. The van der Waals surface area contributed by atoms with Gasteiger partial charge < -0.3 is 28.4 Å². The minimum absolute atomic E-state index is 0.0108. The van der Waals surface area contributed by atoms with Gasteiger partial charge in [-0.15, -0.1) is 0 Å². The van der Waals surface area contributed by atoms with Crippen LogP contribution in [-0.4, -0.2) is 67.9 Å². The van der Waals surface area contributed by atoms with Gasteiger partial charge in [0.1, 0.15) is 0 Å². The van der Waals surface area contributed by atoms with Gasteiger partial charge in [0.05, 0.1) is 32.3 Å². The molecule has 0 aliphatic heterocycles. The van der Waals surface area contributed by atoms with Crippen molar-refractivity contribution in [2.75, 3.05) is 39.3 Å². The molecule has 0 saturated carbocycles. The second-order valence-electron chi connectivity index (χ2n) is 11.6. The summed E-state index contributed by atoms with van der Waals surface area (Å²) in [5.74, 6) is 6.55. The second-order valence-corrected chi connectivity index (χ2v) is 13.2. The van der Waals surface area contributed by atoms with E-state index in [2.05, 4.69) is 41.5 Å². The number of ether oxygens (including phenoxy) is 6. The number of nitrogens with zero attached hydrogens (tertiary/aromatic N) is 5. The molecule has 5 aromatic rings. The van der Waals surface area contributed by atoms with E-state index in [1.807, 2.05) is 20.8 Å². The zero-order chi connectivity index (χ0) is 36.4. The number of pyridine rings is 1. The van der Waals surface area contributed by atoms with Crippen molar-refractivity contribution in [3.8, 4) is 64.1 Å². The van der Waals surface area contributed by atoms with E-state index in [1.165, 1.54) is 39.5 Å². The maximum Gasteiger partial charge on any atom is 0.324 e. The van der Waals surface area contributed by atoms with E-state index in [-0.39, 0.29) is 70.3 Å². The summed E-state index contributed by atoms with van der Waals surface area (Å²) < 4.78 is 63.8. The summed E-state index contributed by atoms with van der Waals surface area (Å²) in [5, 5.41) is 0. The van der Waals surface area contributed by atoms with Gasteiger partial charge in [0, 0.05) is 18.0 Å². The summed E-state index contributed by atoms with van der Waals surface area (Å²) in [6.07, 6.45) is 3.12. The van der Waals surface area contributed by atoms with Gasteiger partial charge in [-0.05, 0) is 47.4 Å². The highest BCUT2D eigenvalue weighted by molar-refractivity contribution is 7.92. The number of anilines is 1. The number of aromatic nitrogens is 5. The summed E-state index contributed by atoms with van der Waals surface area (Å²) in [4.78, 5) is 21.5. The summed E-state index contributed by atoms with van der Waals surface area (Å²) in [5.41, 5.74) is 1.35. The topological polar surface area (TPSA) is 166 Å². The standard InChI is InChI=1S/C36H36N6O8S/c1-36(2,3)25-13-15-26(16-14-25)51(43,44)42-33-31(50-28-12-8-7-11-27(28)45-4)34(41-32(40-33)24-17-19-37-20-18-24)48-21-9-10-22-49-35-38-29(46-5)23-30(39-35)47-6/h7-8,11-20,23H,21-22H2,1-6H3,(H,40,41,42). The molecular weight excluding hydrogens is 676 g/mol. The molecule has 0 amide bonds. The number of hydrogen-bond acceptors (Lipinski definition) is 13. The molecule has 0 atom stereocenters. The van der Waals surface area contributed by atoms with Crippen molar-refractivity contribution in [3.63, 3.8) is 0 Å². The quantitative estimate of drug-likeness (QED) is 0.148. The summed E-state index contributed by atoms with van der Waals surface area (Å²) in [6, 6.07) is 18.3. The van der Waals surface area contributed by atoms with Crippen molar-refractivity contribution < 1.29 is 36.8 Å². The van der Waals surface area contributed by atoms with Gasteiger partial charge in [-0.2, -0.15) is 15.0 Å². The molecule has 3 heterocycles. The smallest absolute Gasteiger partial charge is 0.324 e. The molecule has 3 aromatic heterocycles. The molecule has 0 fully saturated rings. The lowest BCUT2D eigenvalue weighted by atomic mass is 9.87. The van der Waals surface area contributed by atoms with Crippen LogP contribution in [0.25, 0.3) is 11.4 Å². The molecule has 2 aromatic carbocycles. The number of sulfonamides is 1. The number of methoxy groups -OCH3 is 3. The summed E-state index contributed by atoms with van der Waals surface area (Å²) >= 11 is 0. The van der Waals surface area contributed by atoms with Gasteiger partial charge >= 0.3 is 6.01 Å². The highest BCUT2D eigenvalue weighted by Crippen LogP contribution is 2.41. The fraction of sp³-hybridized carbons (Fsp3) is 0.250. The van der Waals surface area contributed by atoms with E-state index in [0.29, 0.717) is 11.3 Å². The number of rotatable bonds is 13. The Hall–Kier alpha value is -6.14. The zero-order valence-electron chi connectivity index (χ0n) is 28.8. The van der Waals surface area contributed by atoms with Gasteiger partial charge in [-0.3, -0.25) is 9.71 Å². The van der Waals surface area contributed by atoms with Crippen molar-refractivity contribution in [1.82, 2.24) is 24.9 Å². The number of hydrogen-bond donors (Lipinski definition) is 1. The molecule has 15 heteroatoms. The zero-order valence-corrected chi connectivity index (χ0v) is 29.6. The molecule has 264 valence electrons. The maximum atomic E-state index is 13.8. The van der Waals surface area contributed by atoms with Crippen molar-refractivity contribution >= 4 is 15.8 Å². The van der Waals surface area contributed by atoms with Crippen LogP contribution in [0.5, 0.6) is 40.9 Å². The molecule has 0 unspecified atom stereocenters. The van der Waals surface area contributed by atoms with Crippen LogP contribution in [0.15, 0.2) is 84.0 Å². The Balaban J connectivity index is 1.50. The molecule has 0 saturated heterocycles. The van der Waals surface area contributed by atoms with E-state index < -0.39 is 10.0 Å². The molecule has 0 aliphatic rings. The fourth-order valence-corrected chi connectivity index (χ4v) is 5.42. The normalized spacial score (nSPS) is 11.1. The van der Waals surface area contributed by atoms with Crippen LogP contribution in [0, 0.1) is 11.8 Å². The highest BCUT2D eigenvalue weighted by Gasteiger charge is 2.26. The molecule has 5 rings (SSSR count). The van der Waals surface area contributed by atoms with Crippen LogP contribution >= 0.6 is 0 Å². The molecular formula is C36H36N6O8S. The van der Waals surface area contributed by atoms with Crippen LogP contribution in [0.2, 0.25) is 0 Å². The van der Waals surface area contributed by atoms with Crippen LogP contribution < -0.4 is 33.1 Å². The lowest BCUT2D eigenvalue weighted by Crippen LogP contribution is -2.17. The molecule has 0 bridgehead atoms. The van der Waals surface area contributed by atoms with Crippen molar-refractivity contribution in [1.29, 1.82) is 0 Å². The number of para-hydroxylation sites is 2. The predicted molar refractivity (Wildman–Crippen MR) is 188 cm³/mol. The third-order valence-corrected chi connectivity index (χ3v) is 8.43. The lowest BCUT2D eigenvalue weighted by Gasteiger charge is -2.20. The maximum absolute atomic E-state index is 13.8. The minimum Gasteiger partial charge on any atom is -0.493 e. The van der Waals surface area contributed by atoms with E-state index in [0.717, 1.165) is 5.56 Å². The third-order valence-electron chi connectivity index (χ3n) is 7.07. The van der Waals surface area contributed by atoms with Gasteiger partial charge in [0.15, 0.2) is 36.4 Å². The largest absolute Gasteiger partial charge is 0.493 e. The number of benzene rings is 2. The Bertz CT molecular complexity index is 2110. The molecule has 0 spiro atoms. The van der Waals surface area contributed by atoms with Crippen LogP contribution in [0.1, 0.15) is 26.3 Å². The van der Waals surface area contributed by atoms with Crippen molar-refractivity contribution in [2.24, 2.45) is 0 Å². The first kappa shape index (κ1) is 36.1. The first-order chi connectivity index (χ1) is 24.5. The van der Waals surface area contributed by atoms with Crippen LogP contribution in [-0.2, 0) is 15.4 Å². The fourth-order valence-electron chi connectivity index (χ4n) is 4.42. The van der Waals surface area contributed by atoms with Crippen LogP contribution in [0.4, 0.5) is 5.82 Å². The van der Waals surface area contributed by atoms with Gasteiger partial charge in [-0.25, -0.2) is 13.4 Å². The molecule has 0 radical (unpaired) electrons. The first-order valence-corrected chi connectivity index (χ1v) is 16.9. The number of nitrogens with one attached hydrogen (secondary N) is 1. The van der Waals surface area contributed by atoms with E-state index in [1.54, 1.807) is 60.9 Å². The Morgan fingerprint density at radius 2 is 1.37 bits per heavy atom. The lowest BCUT2D eigenvalue weighted by molar-refractivity contribution is 0.307. The molecule has 0 aliphatic carbocycles. The summed E-state index contributed by atoms with van der Waals surface area (Å²) in [7, 11) is 0.221. The van der Waals surface area contributed by atoms with Crippen LogP contribution in [0.3, 0.4) is 0 Å². The van der Waals surface area contributed by atoms with Crippen molar-refractivity contribution in [2.45, 2.75) is 31.1 Å². The average molecular weight is 713 g/mol. The Kier molecular flexibility index (Phi) is 11.4. The van der Waals surface area contributed by atoms with Gasteiger partial charge in [-0.1, -0.05) is 56.9 Å². The van der Waals surface area contributed by atoms with Gasteiger partial charge in [0.25, 0.3) is 15.9 Å². The Morgan fingerprint density at radius 3 is 1.98 bits per heavy atom.